The number of esters is 1. The van der Waals surface area contributed by atoms with E-state index in [-0.39, 0.29) is 22.9 Å². The standard InChI is InChI=1S/C19H22ClF4N3O5S/c1-9(17(30)25-5-4-16(29)32-3)33-13-7-12(11(21)6-10(13)20)27-15(28)8-14(19(22,23)24)26(2)18(27)31/h6-9,15,18,28,31H,4-5H2,1-3H3,(H,25,30). The summed E-state index contributed by atoms with van der Waals surface area (Å²) >= 11 is 6.98. The first-order chi connectivity index (χ1) is 15.3. The molecule has 0 aliphatic carbocycles. The molecule has 0 fully saturated rings. The lowest BCUT2D eigenvalue weighted by molar-refractivity contribution is -0.140. The van der Waals surface area contributed by atoms with Crippen molar-refractivity contribution in [1.29, 1.82) is 0 Å². The van der Waals surface area contributed by atoms with Gasteiger partial charge in [0, 0.05) is 18.5 Å². The van der Waals surface area contributed by atoms with Crippen molar-refractivity contribution < 1.29 is 42.1 Å². The molecule has 1 aliphatic rings. The van der Waals surface area contributed by atoms with Gasteiger partial charge in [-0.3, -0.25) is 14.5 Å². The summed E-state index contributed by atoms with van der Waals surface area (Å²) in [5.74, 6) is -1.97. The summed E-state index contributed by atoms with van der Waals surface area (Å²) in [7, 11) is 2.15. The van der Waals surface area contributed by atoms with Gasteiger partial charge in [0.2, 0.25) is 12.3 Å². The second kappa shape index (κ2) is 10.8. The molecule has 3 unspecified atom stereocenters. The minimum absolute atomic E-state index is 0.0329. The third kappa shape index (κ3) is 6.43. The Morgan fingerprint density at radius 2 is 1.97 bits per heavy atom. The Kier molecular flexibility index (Phi) is 8.85. The molecule has 1 amide bonds. The lowest BCUT2D eigenvalue weighted by Gasteiger charge is -2.43. The SMILES string of the molecule is COC(=O)CCNC(=O)C(C)Sc1cc(N2C(O)C=C(C(F)(F)F)N(C)C2O)c(F)cc1Cl. The zero-order valence-corrected chi connectivity index (χ0v) is 19.3. The van der Waals surface area contributed by atoms with Gasteiger partial charge < -0.3 is 25.2 Å². The normalized spacial score (nSPS) is 19.8. The molecule has 3 N–H and O–H groups in total. The van der Waals surface area contributed by atoms with E-state index < -0.39 is 53.1 Å². The molecule has 0 aromatic heterocycles. The fourth-order valence-corrected chi connectivity index (χ4v) is 4.14. The summed E-state index contributed by atoms with van der Waals surface area (Å²) in [6.45, 7) is 1.55. The number of hydrogen-bond donors (Lipinski definition) is 3. The average Bonchev–Trinajstić information content (AvgIpc) is 2.72. The largest absolute Gasteiger partial charge is 0.469 e. The van der Waals surface area contributed by atoms with Crippen molar-refractivity contribution in [2.24, 2.45) is 0 Å². The van der Waals surface area contributed by atoms with Gasteiger partial charge in [-0.05, 0) is 25.1 Å². The fraction of sp³-hybridized carbons (Fsp3) is 0.474. The van der Waals surface area contributed by atoms with Crippen LogP contribution in [0.1, 0.15) is 13.3 Å². The van der Waals surface area contributed by atoms with Crippen molar-refractivity contribution in [2.45, 2.75) is 42.2 Å². The van der Waals surface area contributed by atoms with Gasteiger partial charge in [0.05, 0.1) is 29.5 Å². The van der Waals surface area contributed by atoms with Gasteiger partial charge in [0.15, 0.2) is 6.23 Å². The zero-order chi connectivity index (χ0) is 25.1. The van der Waals surface area contributed by atoms with E-state index in [4.69, 9.17) is 11.6 Å². The highest BCUT2D eigenvalue weighted by Crippen LogP contribution is 2.40. The van der Waals surface area contributed by atoms with Gasteiger partial charge in [0.1, 0.15) is 11.5 Å². The number of halogens is 5. The number of aliphatic hydroxyl groups excluding tert-OH is 2. The number of nitrogens with one attached hydrogen (secondary N) is 1. The first-order valence-corrected chi connectivity index (χ1v) is 10.7. The molecule has 0 spiro atoms. The third-order valence-corrected chi connectivity index (χ3v) is 6.25. The predicted octanol–water partition coefficient (Wildman–Crippen LogP) is 2.43. The van der Waals surface area contributed by atoms with E-state index in [1.807, 2.05) is 0 Å². The van der Waals surface area contributed by atoms with Gasteiger partial charge in [-0.2, -0.15) is 13.2 Å². The molecule has 8 nitrogen and oxygen atoms in total. The van der Waals surface area contributed by atoms with Crippen LogP contribution in [0.15, 0.2) is 28.8 Å². The van der Waals surface area contributed by atoms with E-state index in [1.165, 1.54) is 14.0 Å². The number of aliphatic hydroxyl groups is 2. The number of anilines is 1. The van der Waals surface area contributed by atoms with Gasteiger partial charge in [-0.1, -0.05) is 11.6 Å². The number of carbonyl (C=O) groups excluding carboxylic acids is 2. The number of ether oxygens (including phenoxy) is 1. The number of allylic oxidation sites excluding steroid dienone is 1. The molecule has 184 valence electrons. The summed E-state index contributed by atoms with van der Waals surface area (Å²) in [4.78, 5) is 24.6. The molecule has 14 heteroatoms. The quantitative estimate of drug-likeness (QED) is 0.289. The average molecular weight is 516 g/mol. The molecule has 1 heterocycles. The smallest absolute Gasteiger partial charge is 0.431 e. The fourth-order valence-electron chi connectivity index (χ4n) is 2.93. The lowest BCUT2D eigenvalue weighted by atomic mass is 10.2. The summed E-state index contributed by atoms with van der Waals surface area (Å²) in [5, 5.41) is 22.3. The second-order valence-corrected chi connectivity index (χ2v) is 8.73. The number of rotatable bonds is 7. The Balaban J connectivity index is 2.25. The molecular formula is C19H22ClF4N3O5S. The monoisotopic (exact) mass is 515 g/mol. The highest BCUT2D eigenvalue weighted by Gasteiger charge is 2.45. The van der Waals surface area contributed by atoms with Crippen molar-refractivity contribution in [3.8, 4) is 0 Å². The molecule has 3 atom stereocenters. The number of carbonyl (C=O) groups is 2. The van der Waals surface area contributed by atoms with Crippen LogP contribution in [0.5, 0.6) is 0 Å². The Morgan fingerprint density at radius 1 is 1.33 bits per heavy atom. The zero-order valence-electron chi connectivity index (χ0n) is 17.7. The van der Waals surface area contributed by atoms with E-state index in [0.29, 0.717) is 15.9 Å². The highest BCUT2D eigenvalue weighted by atomic mass is 35.5. The number of amides is 1. The van der Waals surface area contributed by atoms with Crippen molar-refractivity contribution in [3.63, 3.8) is 0 Å². The van der Waals surface area contributed by atoms with E-state index in [2.05, 4.69) is 10.1 Å². The Labute approximate surface area is 196 Å². The molecule has 0 radical (unpaired) electrons. The van der Waals surface area contributed by atoms with Crippen LogP contribution in [0.25, 0.3) is 0 Å². The van der Waals surface area contributed by atoms with Crippen LogP contribution in [0.4, 0.5) is 23.2 Å². The predicted molar refractivity (Wildman–Crippen MR) is 113 cm³/mol. The molecule has 0 saturated heterocycles. The number of benzene rings is 1. The van der Waals surface area contributed by atoms with Gasteiger partial charge in [-0.15, -0.1) is 11.8 Å². The van der Waals surface area contributed by atoms with E-state index >= 15 is 0 Å². The van der Waals surface area contributed by atoms with Crippen molar-refractivity contribution in [2.75, 3.05) is 25.6 Å². The Bertz CT molecular complexity index is 933. The summed E-state index contributed by atoms with van der Waals surface area (Å²) in [5.41, 5.74) is -1.72. The topological polar surface area (TPSA) is 102 Å². The molecule has 1 aliphatic heterocycles. The number of hydrogen-bond acceptors (Lipinski definition) is 8. The lowest BCUT2D eigenvalue weighted by Crippen LogP contribution is -2.56. The number of nitrogens with zero attached hydrogens (tertiary/aromatic N) is 2. The Hall–Kier alpha value is -2.22. The molecule has 0 saturated carbocycles. The highest BCUT2D eigenvalue weighted by molar-refractivity contribution is 8.00. The van der Waals surface area contributed by atoms with Crippen LogP contribution in [0, 0.1) is 5.82 Å². The van der Waals surface area contributed by atoms with Gasteiger partial charge in [0.25, 0.3) is 0 Å². The molecule has 1 aromatic carbocycles. The van der Waals surface area contributed by atoms with Crippen LogP contribution in [0.3, 0.4) is 0 Å². The summed E-state index contributed by atoms with van der Waals surface area (Å²) in [6, 6.07) is 1.98. The van der Waals surface area contributed by atoms with Crippen molar-refractivity contribution >= 4 is 40.9 Å². The van der Waals surface area contributed by atoms with Crippen LogP contribution in [0.2, 0.25) is 5.02 Å². The van der Waals surface area contributed by atoms with Crippen LogP contribution < -0.4 is 10.2 Å². The third-order valence-electron chi connectivity index (χ3n) is 4.67. The summed E-state index contributed by atoms with van der Waals surface area (Å²) in [6.07, 6.45) is -8.49. The van der Waals surface area contributed by atoms with E-state index in [0.717, 1.165) is 30.9 Å². The minimum Gasteiger partial charge on any atom is -0.469 e. The van der Waals surface area contributed by atoms with Gasteiger partial charge >= 0.3 is 12.1 Å². The molecular weight excluding hydrogens is 494 g/mol. The van der Waals surface area contributed by atoms with Crippen LogP contribution in [-0.2, 0) is 14.3 Å². The number of methoxy groups -OCH3 is 1. The molecule has 0 bridgehead atoms. The summed E-state index contributed by atoms with van der Waals surface area (Å²) < 4.78 is 58.5. The molecule has 1 aromatic rings. The maximum Gasteiger partial charge on any atom is 0.431 e. The minimum atomic E-state index is -4.85. The van der Waals surface area contributed by atoms with E-state index in [1.54, 1.807) is 0 Å². The molecule has 33 heavy (non-hydrogen) atoms. The van der Waals surface area contributed by atoms with Crippen molar-refractivity contribution in [1.82, 2.24) is 10.2 Å². The van der Waals surface area contributed by atoms with Crippen LogP contribution >= 0.6 is 23.4 Å². The first kappa shape index (κ1) is 27.0. The first-order valence-electron chi connectivity index (χ1n) is 9.44. The van der Waals surface area contributed by atoms with Gasteiger partial charge in [-0.25, -0.2) is 4.39 Å². The maximum atomic E-state index is 14.6. The van der Waals surface area contributed by atoms with E-state index in [9.17, 15) is 37.4 Å². The maximum absolute atomic E-state index is 14.6. The van der Waals surface area contributed by atoms with Crippen molar-refractivity contribution in [3.05, 3.63) is 34.7 Å². The number of thioether (sulfide) groups is 1. The van der Waals surface area contributed by atoms with Crippen LogP contribution in [-0.4, -0.2) is 71.7 Å². The molecule has 2 rings (SSSR count). The number of alkyl halides is 3. The Morgan fingerprint density at radius 3 is 2.55 bits per heavy atom. The second-order valence-electron chi connectivity index (χ2n) is 6.94.